The average molecular weight is 200 g/mol. The Bertz CT molecular complexity index is 500. The average Bonchev–Trinajstić information content (AvgIpc) is 2.18. The van der Waals surface area contributed by atoms with Crippen LogP contribution in [0.1, 0.15) is 16.7 Å². The van der Waals surface area contributed by atoms with Gasteiger partial charge in [0.1, 0.15) is 0 Å². The van der Waals surface area contributed by atoms with Crippen LogP contribution in [0.2, 0.25) is 0 Å². The van der Waals surface area contributed by atoms with E-state index in [9.17, 15) is 0 Å². The maximum Gasteiger partial charge on any atom is 0.0194 e. The molecule has 0 N–H and O–H groups in total. The first kappa shape index (κ1) is 8.37. The van der Waals surface area contributed by atoms with Crippen LogP contribution in [0.3, 0.4) is 0 Å². The molecule has 2 aromatic rings. The van der Waals surface area contributed by atoms with Crippen LogP contribution >= 0.6 is 11.8 Å². The van der Waals surface area contributed by atoms with Crippen LogP contribution in [0.5, 0.6) is 0 Å². The van der Waals surface area contributed by atoms with Crippen LogP contribution in [-0.4, -0.2) is 0 Å². The van der Waals surface area contributed by atoms with E-state index in [-0.39, 0.29) is 0 Å². The molecular formula is C13H12S. The predicted molar refractivity (Wildman–Crippen MR) is 63.7 cm³/mol. The molecule has 0 unspecified atom stereocenters. The second-order valence-electron chi connectivity index (χ2n) is 3.93. The first-order valence-corrected chi connectivity index (χ1v) is 6.09. The Balaban J connectivity index is 2.48. The van der Waals surface area contributed by atoms with E-state index >= 15 is 0 Å². The summed E-state index contributed by atoms with van der Waals surface area (Å²) in [4.78, 5) is 0. The van der Waals surface area contributed by atoms with Crippen molar-refractivity contribution >= 4 is 22.5 Å². The number of rotatable bonds is 0. The van der Waals surface area contributed by atoms with Crippen molar-refractivity contribution in [3.63, 3.8) is 0 Å². The van der Waals surface area contributed by atoms with Crippen LogP contribution in [0.25, 0.3) is 10.8 Å². The smallest absolute Gasteiger partial charge is 0.0194 e. The number of benzene rings is 2. The van der Waals surface area contributed by atoms with Crippen molar-refractivity contribution in [2.75, 3.05) is 0 Å². The maximum absolute atomic E-state index is 2.33. The highest BCUT2D eigenvalue weighted by Gasteiger charge is 2.12. The van der Waals surface area contributed by atoms with E-state index in [0.717, 1.165) is 0 Å². The van der Waals surface area contributed by atoms with E-state index in [2.05, 4.69) is 37.3 Å². The topological polar surface area (TPSA) is 0 Å². The summed E-state index contributed by atoms with van der Waals surface area (Å²) in [5.41, 5.74) is 4.41. The van der Waals surface area contributed by atoms with Gasteiger partial charge in [-0.15, -0.1) is 0 Å². The van der Waals surface area contributed by atoms with Crippen molar-refractivity contribution in [3.05, 3.63) is 47.0 Å². The SMILES string of the molecule is Cc1cc2c3c(cccc3c1)CSC2. The summed E-state index contributed by atoms with van der Waals surface area (Å²) in [6.07, 6.45) is 0. The molecule has 0 atom stereocenters. The first-order chi connectivity index (χ1) is 6.84. The lowest BCUT2D eigenvalue weighted by molar-refractivity contribution is 1.32. The van der Waals surface area contributed by atoms with Crippen LogP contribution in [0.15, 0.2) is 30.3 Å². The van der Waals surface area contributed by atoms with Gasteiger partial charge in [0.15, 0.2) is 0 Å². The molecule has 0 fully saturated rings. The Hall–Kier alpha value is -0.950. The minimum atomic E-state index is 1.17. The molecule has 0 aromatic heterocycles. The second kappa shape index (κ2) is 3.03. The van der Waals surface area contributed by atoms with Gasteiger partial charge < -0.3 is 0 Å². The zero-order valence-corrected chi connectivity index (χ0v) is 9.03. The summed E-state index contributed by atoms with van der Waals surface area (Å²) in [5, 5.41) is 2.93. The fourth-order valence-electron chi connectivity index (χ4n) is 2.27. The van der Waals surface area contributed by atoms with Crippen LogP contribution < -0.4 is 0 Å². The van der Waals surface area contributed by atoms with Crippen LogP contribution in [-0.2, 0) is 11.5 Å². The van der Waals surface area contributed by atoms with Crippen molar-refractivity contribution in [2.24, 2.45) is 0 Å². The fraction of sp³-hybridized carbons (Fsp3) is 0.231. The monoisotopic (exact) mass is 200 g/mol. The van der Waals surface area contributed by atoms with Crippen molar-refractivity contribution in [3.8, 4) is 0 Å². The highest BCUT2D eigenvalue weighted by molar-refractivity contribution is 7.97. The van der Waals surface area contributed by atoms with Gasteiger partial charge in [-0.25, -0.2) is 0 Å². The van der Waals surface area contributed by atoms with E-state index in [1.807, 2.05) is 11.8 Å². The van der Waals surface area contributed by atoms with Crippen molar-refractivity contribution in [2.45, 2.75) is 18.4 Å². The standard InChI is InChI=1S/C13H12S/c1-9-5-10-3-2-4-11-7-14-8-12(6-9)13(10)11/h2-6H,7-8H2,1H3. The Kier molecular flexibility index (Phi) is 1.81. The van der Waals surface area contributed by atoms with E-state index in [1.54, 1.807) is 0 Å². The Morgan fingerprint density at radius 1 is 1.07 bits per heavy atom. The van der Waals surface area contributed by atoms with Gasteiger partial charge in [0, 0.05) is 11.5 Å². The molecule has 0 saturated carbocycles. The van der Waals surface area contributed by atoms with Gasteiger partial charge in [-0.3, -0.25) is 0 Å². The van der Waals surface area contributed by atoms with Gasteiger partial charge in [0.25, 0.3) is 0 Å². The van der Waals surface area contributed by atoms with E-state index in [1.165, 1.54) is 39.0 Å². The number of hydrogen-bond acceptors (Lipinski definition) is 1. The largest absolute Gasteiger partial charge is 0.152 e. The highest BCUT2D eigenvalue weighted by Crippen LogP contribution is 2.34. The number of thioether (sulfide) groups is 1. The lowest BCUT2D eigenvalue weighted by Gasteiger charge is -2.17. The number of aryl methyl sites for hydroxylation is 1. The highest BCUT2D eigenvalue weighted by atomic mass is 32.2. The quantitative estimate of drug-likeness (QED) is 0.621. The van der Waals surface area contributed by atoms with Gasteiger partial charge in [0.05, 0.1) is 0 Å². The van der Waals surface area contributed by atoms with Crippen molar-refractivity contribution in [1.82, 2.24) is 0 Å². The molecule has 2 aromatic carbocycles. The second-order valence-corrected chi connectivity index (χ2v) is 4.92. The Labute approximate surface area is 88.3 Å². The minimum absolute atomic E-state index is 1.17. The lowest BCUT2D eigenvalue weighted by Crippen LogP contribution is -1.96. The van der Waals surface area contributed by atoms with Crippen LogP contribution in [0.4, 0.5) is 0 Å². The van der Waals surface area contributed by atoms with E-state index in [4.69, 9.17) is 0 Å². The molecule has 0 radical (unpaired) electrons. The van der Waals surface area contributed by atoms with Gasteiger partial charge in [-0.2, -0.15) is 11.8 Å². The molecule has 0 aliphatic carbocycles. The van der Waals surface area contributed by atoms with Crippen molar-refractivity contribution in [1.29, 1.82) is 0 Å². The molecule has 0 spiro atoms. The molecule has 3 rings (SSSR count). The first-order valence-electron chi connectivity index (χ1n) is 4.93. The van der Waals surface area contributed by atoms with Crippen LogP contribution in [0, 0.1) is 6.92 Å². The molecule has 0 amide bonds. The molecule has 1 heteroatoms. The van der Waals surface area contributed by atoms with E-state index in [0.29, 0.717) is 0 Å². The Morgan fingerprint density at radius 3 is 2.86 bits per heavy atom. The van der Waals surface area contributed by atoms with Gasteiger partial charge >= 0.3 is 0 Å². The van der Waals surface area contributed by atoms with E-state index < -0.39 is 0 Å². The summed E-state index contributed by atoms with van der Waals surface area (Å²) in [6, 6.07) is 11.3. The predicted octanol–water partition coefficient (Wildman–Crippen LogP) is 3.90. The third kappa shape index (κ3) is 1.16. The molecular weight excluding hydrogens is 188 g/mol. The van der Waals surface area contributed by atoms with Crippen molar-refractivity contribution < 1.29 is 0 Å². The maximum atomic E-state index is 2.33. The summed E-state index contributed by atoms with van der Waals surface area (Å²) in [5.74, 6) is 2.35. The third-order valence-corrected chi connectivity index (χ3v) is 3.83. The molecule has 0 nitrogen and oxygen atoms in total. The molecule has 1 heterocycles. The zero-order chi connectivity index (χ0) is 9.54. The molecule has 0 saturated heterocycles. The van der Waals surface area contributed by atoms with Gasteiger partial charge in [-0.05, 0) is 28.8 Å². The molecule has 1 aliphatic heterocycles. The minimum Gasteiger partial charge on any atom is -0.152 e. The normalized spacial score (nSPS) is 14.6. The van der Waals surface area contributed by atoms with Gasteiger partial charge in [-0.1, -0.05) is 35.9 Å². The summed E-state index contributed by atoms with van der Waals surface area (Å²) < 4.78 is 0. The lowest BCUT2D eigenvalue weighted by atomic mass is 9.98. The Morgan fingerprint density at radius 2 is 1.93 bits per heavy atom. The van der Waals surface area contributed by atoms with Gasteiger partial charge in [0.2, 0.25) is 0 Å². The molecule has 14 heavy (non-hydrogen) atoms. The molecule has 70 valence electrons. The fourth-order valence-corrected chi connectivity index (χ4v) is 3.28. The summed E-state index contributed by atoms with van der Waals surface area (Å²) >= 11 is 2.02. The summed E-state index contributed by atoms with van der Waals surface area (Å²) in [7, 11) is 0. The number of hydrogen-bond donors (Lipinski definition) is 0. The molecule has 1 aliphatic rings. The third-order valence-electron chi connectivity index (χ3n) is 2.80. The zero-order valence-electron chi connectivity index (χ0n) is 8.21. The summed E-state index contributed by atoms with van der Waals surface area (Å²) in [6.45, 7) is 2.18. The molecule has 0 bridgehead atoms.